The van der Waals surface area contributed by atoms with Gasteiger partial charge in [0.05, 0.1) is 0 Å². The molecule has 0 atom stereocenters. The van der Waals surface area contributed by atoms with Gasteiger partial charge >= 0.3 is 6.30 Å². The molecule has 2 nitrogen and oxygen atoms in total. The molecule has 0 amide bonds. The standard InChI is InChI=1S/C21H20ClF3N2/c1-14-2-7-19-17(12-14)18-13-26(21(23,24)25)10-9-20(18)27(19)11-8-15-3-5-16(22)6-4-15/h2-7,12H,8-11,13H2,1H3. The Balaban J connectivity index is 1.72. The van der Waals surface area contributed by atoms with Crippen molar-refractivity contribution in [3.05, 3.63) is 69.9 Å². The van der Waals surface area contributed by atoms with E-state index >= 15 is 0 Å². The lowest BCUT2D eigenvalue weighted by Gasteiger charge is -2.29. The maximum atomic E-state index is 13.2. The van der Waals surface area contributed by atoms with Crippen LogP contribution in [0.4, 0.5) is 13.2 Å². The summed E-state index contributed by atoms with van der Waals surface area (Å²) in [7, 11) is 0. The quantitative estimate of drug-likeness (QED) is 0.517. The molecule has 142 valence electrons. The molecule has 0 aliphatic carbocycles. The fourth-order valence-electron chi connectivity index (χ4n) is 3.93. The molecule has 2 aromatic carbocycles. The highest BCUT2D eigenvalue weighted by molar-refractivity contribution is 6.30. The molecular weight excluding hydrogens is 373 g/mol. The van der Waals surface area contributed by atoms with Gasteiger partial charge in [-0.25, -0.2) is 4.90 Å². The Morgan fingerprint density at radius 1 is 1.07 bits per heavy atom. The van der Waals surface area contributed by atoms with Gasteiger partial charge in [0.15, 0.2) is 0 Å². The van der Waals surface area contributed by atoms with Gasteiger partial charge in [0, 0.05) is 47.7 Å². The predicted molar refractivity (Wildman–Crippen MR) is 102 cm³/mol. The highest BCUT2D eigenvalue weighted by atomic mass is 35.5. The van der Waals surface area contributed by atoms with Crippen LogP contribution in [0.25, 0.3) is 10.9 Å². The van der Waals surface area contributed by atoms with E-state index in [1.54, 1.807) is 0 Å². The van der Waals surface area contributed by atoms with E-state index in [9.17, 15) is 13.2 Å². The van der Waals surface area contributed by atoms with Gasteiger partial charge in [0.1, 0.15) is 0 Å². The van der Waals surface area contributed by atoms with E-state index in [0.717, 1.165) is 46.3 Å². The zero-order valence-electron chi connectivity index (χ0n) is 15.0. The SMILES string of the molecule is Cc1ccc2c(c1)c1c(n2CCc2ccc(Cl)cc2)CCN(C(F)(F)F)C1. The van der Waals surface area contributed by atoms with Crippen LogP contribution in [0.15, 0.2) is 42.5 Å². The van der Waals surface area contributed by atoms with Crippen LogP contribution >= 0.6 is 11.6 Å². The van der Waals surface area contributed by atoms with Crippen molar-refractivity contribution in [2.45, 2.75) is 39.2 Å². The lowest BCUT2D eigenvalue weighted by molar-refractivity contribution is -0.250. The van der Waals surface area contributed by atoms with Crippen LogP contribution in [0.3, 0.4) is 0 Å². The summed E-state index contributed by atoms with van der Waals surface area (Å²) < 4.78 is 41.9. The van der Waals surface area contributed by atoms with Gasteiger partial charge in [-0.05, 0) is 48.7 Å². The van der Waals surface area contributed by atoms with E-state index in [2.05, 4.69) is 4.57 Å². The van der Waals surface area contributed by atoms with Gasteiger partial charge in [-0.1, -0.05) is 35.4 Å². The van der Waals surface area contributed by atoms with E-state index < -0.39 is 6.30 Å². The molecule has 0 bridgehead atoms. The molecular formula is C21H20ClF3N2. The molecule has 0 saturated carbocycles. The highest BCUT2D eigenvalue weighted by Gasteiger charge is 2.40. The van der Waals surface area contributed by atoms with E-state index in [1.165, 1.54) is 0 Å². The average Bonchev–Trinajstić information content (AvgIpc) is 2.93. The van der Waals surface area contributed by atoms with Crippen LogP contribution in [0.2, 0.25) is 5.02 Å². The summed E-state index contributed by atoms with van der Waals surface area (Å²) in [5.74, 6) is 0. The minimum absolute atomic E-state index is 0.00670. The van der Waals surface area contributed by atoms with Crippen molar-refractivity contribution in [1.82, 2.24) is 9.47 Å². The summed E-state index contributed by atoms with van der Waals surface area (Å²) >= 11 is 5.95. The van der Waals surface area contributed by atoms with Crippen molar-refractivity contribution >= 4 is 22.5 Å². The fourth-order valence-corrected chi connectivity index (χ4v) is 4.05. The first-order valence-corrected chi connectivity index (χ1v) is 9.37. The highest BCUT2D eigenvalue weighted by Crippen LogP contribution is 2.35. The number of aryl methyl sites for hydroxylation is 3. The lowest BCUT2D eigenvalue weighted by Crippen LogP contribution is -2.41. The third kappa shape index (κ3) is 3.58. The molecule has 0 unspecified atom stereocenters. The number of fused-ring (bicyclic) bond motifs is 3. The molecule has 1 aromatic heterocycles. The van der Waals surface area contributed by atoms with Crippen LogP contribution in [-0.2, 0) is 25.9 Å². The molecule has 0 saturated heterocycles. The maximum absolute atomic E-state index is 13.2. The van der Waals surface area contributed by atoms with Crippen molar-refractivity contribution in [3.8, 4) is 0 Å². The first-order chi connectivity index (χ1) is 12.8. The van der Waals surface area contributed by atoms with E-state index in [1.807, 2.05) is 49.4 Å². The molecule has 0 spiro atoms. The number of aromatic nitrogens is 1. The summed E-state index contributed by atoms with van der Waals surface area (Å²) in [5, 5.41) is 1.64. The Hall–Kier alpha value is -1.98. The number of benzene rings is 2. The fraction of sp³-hybridized carbons (Fsp3) is 0.333. The Bertz CT molecular complexity index is 974. The summed E-state index contributed by atoms with van der Waals surface area (Å²) in [6, 6.07) is 13.8. The Morgan fingerprint density at radius 2 is 1.81 bits per heavy atom. The molecule has 1 aliphatic rings. The molecule has 2 heterocycles. The smallest absolute Gasteiger partial charge is 0.344 e. The minimum atomic E-state index is -4.29. The third-order valence-corrected chi connectivity index (χ3v) is 5.56. The van der Waals surface area contributed by atoms with Gasteiger partial charge < -0.3 is 4.57 Å². The van der Waals surface area contributed by atoms with Crippen LogP contribution in [0.5, 0.6) is 0 Å². The second-order valence-electron chi connectivity index (χ2n) is 7.11. The topological polar surface area (TPSA) is 8.17 Å². The second-order valence-corrected chi connectivity index (χ2v) is 7.55. The molecule has 27 heavy (non-hydrogen) atoms. The summed E-state index contributed by atoms with van der Waals surface area (Å²) in [6.45, 7) is 2.64. The number of nitrogens with zero attached hydrogens (tertiary/aromatic N) is 2. The number of halogens is 4. The minimum Gasteiger partial charge on any atom is -0.344 e. The maximum Gasteiger partial charge on any atom is 0.460 e. The normalized spacial score (nSPS) is 15.3. The number of hydrogen-bond acceptors (Lipinski definition) is 1. The van der Waals surface area contributed by atoms with Crippen molar-refractivity contribution in [3.63, 3.8) is 0 Å². The van der Waals surface area contributed by atoms with Crippen molar-refractivity contribution in [2.75, 3.05) is 6.54 Å². The Labute approximate surface area is 161 Å². The van der Waals surface area contributed by atoms with Crippen molar-refractivity contribution in [2.24, 2.45) is 0 Å². The number of alkyl halides is 3. The number of hydrogen-bond donors (Lipinski definition) is 0. The van der Waals surface area contributed by atoms with E-state index in [0.29, 0.717) is 16.3 Å². The molecule has 0 fully saturated rings. The Morgan fingerprint density at radius 3 is 2.52 bits per heavy atom. The zero-order chi connectivity index (χ0) is 19.2. The van der Waals surface area contributed by atoms with Crippen molar-refractivity contribution < 1.29 is 13.2 Å². The predicted octanol–water partition coefficient (Wildman–Crippen LogP) is 5.72. The van der Waals surface area contributed by atoms with Gasteiger partial charge in [-0.3, -0.25) is 0 Å². The molecule has 4 rings (SSSR count). The molecule has 6 heteroatoms. The Kier molecular flexibility index (Phi) is 4.68. The zero-order valence-corrected chi connectivity index (χ0v) is 15.7. The van der Waals surface area contributed by atoms with Gasteiger partial charge in [0.25, 0.3) is 0 Å². The number of rotatable bonds is 3. The summed E-state index contributed by atoms with van der Waals surface area (Å²) in [4.78, 5) is 0.612. The van der Waals surface area contributed by atoms with E-state index in [-0.39, 0.29) is 13.1 Å². The third-order valence-electron chi connectivity index (χ3n) is 5.31. The molecule has 1 aliphatic heterocycles. The van der Waals surface area contributed by atoms with Gasteiger partial charge in [0.2, 0.25) is 0 Å². The van der Waals surface area contributed by atoms with Gasteiger partial charge in [-0.2, -0.15) is 13.2 Å². The second kappa shape index (κ2) is 6.88. The van der Waals surface area contributed by atoms with Crippen molar-refractivity contribution in [1.29, 1.82) is 0 Å². The monoisotopic (exact) mass is 392 g/mol. The summed E-state index contributed by atoms with van der Waals surface area (Å²) in [5.41, 5.74) is 5.08. The van der Waals surface area contributed by atoms with Crippen LogP contribution in [0, 0.1) is 6.92 Å². The molecule has 0 N–H and O–H groups in total. The first kappa shape index (κ1) is 18.4. The van der Waals surface area contributed by atoms with Crippen LogP contribution < -0.4 is 0 Å². The van der Waals surface area contributed by atoms with Crippen LogP contribution in [0.1, 0.15) is 22.4 Å². The van der Waals surface area contributed by atoms with Gasteiger partial charge in [-0.15, -0.1) is 0 Å². The van der Waals surface area contributed by atoms with Crippen LogP contribution in [-0.4, -0.2) is 22.3 Å². The largest absolute Gasteiger partial charge is 0.460 e. The molecule has 0 radical (unpaired) electrons. The first-order valence-electron chi connectivity index (χ1n) is 9.00. The van der Waals surface area contributed by atoms with E-state index in [4.69, 9.17) is 11.6 Å². The molecule has 3 aromatic rings. The summed E-state index contributed by atoms with van der Waals surface area (Å²) in [6.07, 6.45) is -3.08. The average molecular weight is 393 g/mol. The lowest BCUT2D eigenvalue weighted by atomic mass is 10.0.